The maximum atomic E-state index is 11.0. The molecule has 1 aromatic carbocycles. The first-order chi connectivity index (χ1) is 9.18. The third-order valence-corrected chi connectivity index (χ3v) is 3.25. The van der Waals surface area contributed by atoms with E-state index in [2.05, 4.69) is 11.4 Å². The molecule has 0 saturated carbocycles. The summed E-state index contributed by atoms with van der Waals surface area (Å²) in [7, 11) is 0. The molecule has 1 aromatic rings. The molecule has 5 heteroatoms. The number of nitro groups is 1. The molecule has 19 heavy (non-hydrogen) atoms. The molecule has 1 N–H and O–H groups in total. The van der Waals surface area contributed by atoms with E-state index in [1.54, 1.807) is 6.07 Å². The van der Waals surface area contributed by atoms with E-state index in [4.69, 9.17) is 4.74 Å². The van der Waals surface area contributed by atoms with Gasteiger partial charge >= 0.3 is 0 Å². The van der Waals surface area contributed by atoms with Crippen molar-refractivity contribution >= 4 is 11.4 Å². The third-order valence-electron chi connectivity index (χ3n) is 3.25. The van der Waals surface area contributed by atoms with Crippen LogP contribution in [0.15, 0.2) is 29.8 Å². The van der Waals surface area contributed by atoms with E-state index in [0.29, 0.717) is 18.8 Å². The Hall–Kier alpha value is -1.88. The van der Waals surface area contributed by atoms with Gasteiger partial charge in [-0.05, 0) is 25.3 Å². The highest BCUT2D eigenvalue weighted by Crippen LogP contribution is 2.27. The average Bonchev–Trinajstić information content (AvgIpc) is 2.41. The first kappa shape index (κ1) is 13.5. The molecular formula is C14H18N2O3. The Balaban J connectivity index is 1.99. The molecule has 0 amide bonds. The number of ether oxygens (including phenoxy) is 1. The fourth-order valence-corrected chi connectivity index (χ4v) is 2.17. The van der Waals surface area contributed by atoms with Crippen molar-refractivity contribution in [2.75, 3.05) is 25.1 Å². The van der Waals surface area contributed by atoms with Crippen LogP contribution in [0, 0.1) is 17.0 Å². The molecule has 0 atom stereocenters. The van der Waals surface area contributed by atoms with Gasteiger partial charge in [0.1, 0.15) is 5.69 Å². The summed E-state index contributed by atoms with van der Waals surface area (Å²) in [6.45, 7) is 4.04. The van der Waals surface area contributed by atoms with Crippen LogP contribution in [0.5, 0.6) is 0 Å². The van der Waals surface area contributed by atoms with Gasteiger partial charge in [-0.3, -0.25) is 10.1 Å². The van der Waals surface area contributed by atoms with Gasteiger partial charge in [0.2, 0.25) is 0 Å². The van der Waals surface area contributed by atoms with E-state index < -0.39 is 0 Å². The zero-order valence-corrected chi connectivity index (χ0v) is 11.0. The lowest BCUT2D eigenvalue weighted by atomic mass is 10.1. The standard InChI is InChI=1S/C14H18N2O3/c1-11-3-2-4-13(16(17)18)14(11)15-8-5-12-6-9-19-10-7-12/h2-4,6,15H,5,7-10H2,1H3. The van der Waals surface area contributed by atoms with E-state index >= 15 is 0 Å². The lowest BCUT2D eigenvalue weighted by Crippen LogP contribution is -2.10. The number of hydrogen-bond donors (Lipinski definition) is 1. The lowest BCUT2D eigenvalue weighted by Gasteiger charge is -2.15. The van der Waals surface area contributed by atoms with E-state index in [9.17, 15) is 10.1 Å². The second kappa shape index (κ2) is 6.33. The molecule has 0 aromatic heterocycles. The summed E-state index contributed by atoms with van der Waals surface area (Å²) in [4.78, 5) is 10.6. The van der Waals surface area contributed by atoms with E-state index in [1.807, 2.05) is 13.0 Å². The normalized spacial score (nSPS) is 14.9. The maximum absolute atomic E-state index is 11.0. The average molecular weight is 262 g/mol. The monoisotopic (exact) mass is 262 g/mol. The van der Waals surface area contributed by atoms with Crippen LogP contribution in [0.25, 0.3) is 0 Å². The highest BCUT2D eigenvalue weighted by Gasteiger charge is 2.14. The second-order valence-corrected chi connectivity index (χ2v) is 4.59. The van der Waals surface area contributed by atoms with Crippen molar-refractivity contribution in [3.05, 3.63) is 45.5 Å². The molecule has 0 unspecified atom stereocenters. The molecule has 1 heterocycles. The first-order valence-corrected chi connectivity index (χ1v) is 6.42. The van der Waals surface area contributed by atoms with Crippen molar-refractivity contribution in [2.24, 2.45) is 0 Å². The molecule has 0 fully saturated rings. The van der Waals surface area contributed by atoms with Crippen LogP contribution in [0.2, 0.25) is 0 Å². The van der Waals surface area contributed by atoms with Gasteiger partial charge < -0.3 is 10.1 Å². The van der Waals surface area contributed by atoms with Crippen molar-refractivity contribution in [3.8, 4) is 0 Å². The smallest absolute Gasteiger partial charge is 0.292 e. The number of para-hydroxylation sites is 1. The van der Waals surface area contributed by atoms with Gasteiger partial charge in [-0.2, -0.15) is 0 Å². The fourth-order valence-electron chi connectivity index (χ4n) is 2.17. The molecule has 0 bridgehead atoms. The van der Waals surface area contributed by atoms with Crippen LogP contribution in [0.4, 0.5) is 11.4 Å². The summed E-state index contributed by atoms with van der Waals surface area (Å²) in [5.74, 6) is 0. The van der Waals surface area contributed by atoms with E-state index in [1.165, 1.54) is 11.6 Å². The van der Waals surface area contributed by atoms with Crippen LogP contribution in [-0.4, -0.2) is 24.7 Å². The Kier molecular flexibility index (Phi) is 4.52. The van der Waals surface area contributed by atoms with Crippen molar-refractivity contribution in [1.29, 1.82) is 0 Å². The van der Waals surface area contributed by atoms with Gasteiger partial charge in [-0.15, -0.1) is 0 Å². The number of nitrogens with one attached hydrogen (secondary N) is 1. The van der Waals surface area contributed by atoms with Crippen LogP contribution in [0.1, 0.15) is 18.4 Å². The number of nitrogens with zero attached hydrogens (tertiary/aromatic N) is 1. The minimum Gasteiger partial charge on any atom is -0.379 e. The summed E-state index contributed by atoms with van der Waals surface area (Å²) in [6, 6.07) is 5.12. The van der Waals surface area contributed by atoms with Crippen LogP contribution >= 0.6 is 0 Å². The molecule has 5 nitrogen and oxygen atoms in total. The predicted octanol–water partition coefficient (Wildman–Crippen LogP) is 3.05. The van der Waals surface area contributed by atoms with Crippen LogP contribution < -0.4 is 5.32 Å². The topological polar surface area (TPSA) is 64.4 Å². The van der Waals surface area contributed by atoms with Gasteiger partial charge in [0.15, 0.2) is 0 Å². The van der Waals surface area contributed by atoms with Crippen molar-refractivity contribution < 1.29 is 9.66 Å². The van der Waals surface area contributed by atoms with Crippen LogP contribution in [0.3, 0.4) is 0 Å². The molecule has 0 spiro atoms. The number of hydrogen-bond acceptors (Lipinski definition) is 4. The van der Waals surface area contributed by atoms with Gasteiger partial charge in [0.05, 0.1) is 18.1 Å². The minimum absolute atomic E-state index is 0.140. The first-order valence-electron chi connectivity index (χ1n) is 6.42. The predicted molar refractivity (Wildman–Crippen MR) is 74.5 cm³/mol. The third kappa shape index (κ3) is 3.54. The second-order valence-electron chi connectivity index (χ2n) is 4.59. The summed E-state index contributed by atoms with van der Waals surface area (Å²) in [6.07, 6.45) is 3.95. The van der Waals surface area contributed by atoms with Crippen LogP contribution in [-0.2, 0) is 4.74 Å². The number of anilines is 1. The van der Waals surface area contributed by atoms with Gasteiger partial charge in [0, 0.05) is 12.6 Å². The molecule has 0 aliphatic carbocycles. The van der Waals surface area contributed by atoms with Gasteiger partial charge in [-0.25, -0.2) is 0 Å². The maximum Gasteiger partial charge on any atom is 0.292 e. The Labute approximate surface area is 112 Å². The van der Waals surface area contributed by atoms with E-state index in [0.717, 1.165) is 25.0 Å². The number of aryl methyl sites for hydroxylation is 1. The minimum atomic E-state index is -0.344. The fraction of sp³-hybridized carbons (Fsp3) is 0.429. The quantitative estimate of drug-likeness (QED) is 0.503. The number of nitro benzene ring substituents is 1. The summed E-state index contributed by atoms with van der Waals surface area (Å²) >= 11 is 0. The summed E-state index contributed by atoms with van der Waals surface area (Å²) in [5, 5.41) is 14.2. The zero-order chi connectivity index (χ0) is 13.7. The Morgan fingerprint density at radius 2 is 2.32 bits per heavy atom. The highest BCUT2D eigenvalue weighted by atomic mass is 16.6. The molecule has 1 aliphatic rings. The highest BCUT2D eigenvalue weighted by molar-refractivity contribution is 5.65. The molecule has 0 saturated heterocycles. The molecule has 1 aliphatic heterocycles. The number of benzene rings is 1. The Bertz CT molecular complexity index is 497. The van der Waals surface area contributed by atoms with Gasteiger partial charge in [0.25, 0.3) is 5.69 Å². The molecular weight excluding hydrogens is 244 g/mol. The molecule has 2 rings (SSSR count). The van der Waals surface area contributed by atoms with Crippen molar-refractivity contribution in [1.82, 2.24) is 0 Å². The lowest BCUT2D eigenvalue weighted by molar-refractivity contribution is -0.384. The summed E-state index contributed by atoms with van der Waals surface area (Å²) in [5.41, 5.74) is 3.02. The van der Waals surface area contributed by atoms with Crippen molar-refractivity contribution in [2.45, 2.75) is 19.8 Å². The Morgan fingerprint density at radius 3 is 3.00 bits per heavy atom. The number of rotatable bonds is 5. The van der Waals surface area contributed by atoms with Crippen molar-refractivity contribution in [3.63, 3.8) is 0 Å². The molecule has 102 valence electrons. The molecule has 0 radical (unpaired) electrons. The SMILES string of the molecule is Cc1cccc([N+](=O)[O-])c1NCCC1=CCOCC1. The summed E-state index contributed by atoms with van der Waals surface area (Å²) < 4.78 is 5.25. The zero-order valence-electron chi connectivity index (χ0n) is 11.0. The van der Waals surface area contributed by atoms with E-state index in [-0.39, 0.29) is 10.6 Å². The van der Waals surface area contributed by atoms with Gasteiger partial charge in [-0.1, -0.05) is 23.8 Å². The Morgan fingerprint density at radius 1 is 1.47 bits per heavy atom. The largest absolute Gasteiger partial charge is 0.379 e.